The first kappa shape index (κ1) is 25.0. The van der Waals surface area contributed by atoms with Crippen LogP contribution in [-0.4, -0.2) is 50.9 Å². The first-order valence-electron chi connectivity index (χ1n) is 12.2. The van der Waals surface area contributed by atoms with E-state index in [0.717, 1.165) is 32.9 Å². The first-order chi connectivity index (χ1) is 18.6. The summed E-state index contributed by atoms with van der Waals surface area (Å²) in [7, 11) is 6.42. The Bertz CT molecular complexity index is 1630. The van der Waals surface area contributed by atoms with Crippen LogP contribution in [0.5, 0.6) is 23.0 Å². The quantitative estimate of drug-likeness (QED) is 0.276. The number of aromatic nitrogens is 2. The predicted molar refractivity (Wildman–Crippen MR) is 148 cm³/mol. The fourth-order valence-electron chi connectivity index (χ4n) is 4.60. The molecule has 2 N–H and O–H groups in total. The monoisotopic (exact) mass is 511 g/mol. The summed E-state index contributed by atoms with van der Waals surface area (Å²) in [6.45, 7) is 0.430. The van der Waals surface area contributed by atoms with Crippen molar-refractivity contribution in [3.63, 3.8) is 0 Å². The Morgan fingerprint density at radius 3 is 2.34 bits per heavy atom. The number of nitrogens with one attached hydrogen (secondary N) is 2. The summed E-state index contributed by atoms with van der Waals surface area (Å²) in [5, 5.41) is 4.92. The summed E-state index contributed by atoms with van der Waals surface area (Å²) in [4.78, 5) is 21.6. The Balaban J connectivity index is 1.51. The Hall–Kier alpha value is -4.72. The zero-order chi connectivity index (χ0) is 26.6. The topological polar surface area (TPSA) is 94.7 Å². The van der Waals surface area contributed by atoms with Crippen LogP contribution in [-0.2, 0) is 6.42 Å². The number of hydrogen-bond donors (Lipinski definition) is 2. The molecule has 0 aliphatic carbocycles. The number of aromatic amines is 1. The zero-order valence-electron chi connectivity index (χ0n) is 21.8. The molecule has 5 rings (SSSR count). The molecule has 2 aromatic heterocycles. The number of pyridine rings is 1. The molecule has 38 heavy (non-hydrogen) atoms. The zero-order valence-corrected chi connectivity index (χ0v) is 21.8. The van der Waals surface area contributed by atoms with Crippen LogP contribution >= 0.6 is 0 Å². The number of methoxy groups -OCH3 is 4. The molecule has 8 nitrogen and oxygen atoms in total. The van der Waals surface area contributed by atoms with Crippen LogP contribution in [0.4, 0.5) is 0 Å². The Morgan fingerprint density at radius 2 is 1.58 bits per heavy atom. The molecule has 2 heterocycles. The molecule has 8 heteroatoms. The van der Waals surface area contributed by atoms with E-state index in [-0.39, 0.29) is 5.91 Å². The van der Waals surface area contributed by atoms with Gasteiger partial charge >= 0.3 is 0 Å². The van der Waals surface area contributed by atoms with Gasteiger partial charge < -0.3 is 29.2 Å². The van der Waals surface area contributed by atoms with E-state index in [4.69, 9.17) is 23.9 Å². The second-order valence-corrected chi connectivity index (χ2v) is 8.71. The van der Waals surface area contributed by atoms with Crippen molar-refractivity contribution in [3.8, 4) is 34.3 Å². The van der Waals surface area contributed by atoms with Gasteiger partial charge in [-0.3, -0.25) is 4.79 Å². The maximum atomic E-state index is 13.3. The third-order valence-electron chi connectivity index (χ3n) is 6.54. The number of nitrogens with zero attached hydrogens (tertiary/aromatic N) is 1. The highest BCUT2D eigenvalue weighted by atomic mass is 16.5. The lowest BCUT2D eigenvalue weighted by Gasteiger charge is -2.13. The Labute approximate surface area is 220 Å². The molecule has 0 unspecified atom stereocenters. The van der Waals surface area contributed by atoms with Crippen molar-refractivity contribution in [1.29, 1.82) is 0 Å². The number of amides is 1. The molecule has 0 aliphatic heterocycles. The normalized spacial score (nSPS) is 10.9. The number of carbonyl (C=O) groups is 1. The van der Waals surface area contributed by atoms with Gasteiger partial charge in [0.2, 0.25) is 0 Å². The molecule has 0 bridgehead atoms. The average Bonchev–Trinajstić information content (AvgIpc) is 3.34. The van der Waals surface area contributed by atoms with Crippen LogP contribution in [0.25, 0.3) is 33.1 Å². The first-order valence-corrected chi connectivity index (χ1v) is 12.2. The minimum absolute atomic E-state index is 0.263. The second-order valence-electron chi connectivity index (χ2n) is 8.71. The summed E-state index contributed by atoms with van der Waals surface area (Å²) >= 11 is 0. The van der Waals surface area contributed by atoms with Crippen LogP contribution in [0.2, 0.25) is 0 Å². The van der Waals surface area contributed by atoms with Gasteiger partial charge in [0, 0.05) is 28.4 Å². The molecule has 0 spiro atoms. The Morgan fingerprint density at radius 1 is 0.816 bits per heavy atom. The fraction of sp³-hybridized carbons (Fsp3) is 0.200. The van der Waals surface area contributed by atoms with Crippen molar-refractivity contribution in [2.75, 3.05) is 35.0 Å². The van der Waals surface area contributed by atoms with Gasteiger partial charge in [-0.1, -0.05) is 24.3 Å². The number of para-hydroxylation sites is 1. The highest BCUT2D eigenvalue weighted by molar-refractivity contribution is 6.13. The third-order valence-corrected chi connectivity index (χ3v) is 6.54. The molecule has 5 aromatic rings. The lowest BCUT2D eigenvalue weighted by molar-refractivity contribution is 0.0949. The SMILES string of the molecule is COc1ccc(OC)c(-c2nc(C(=O)NCCc3ccc(OC)c(OC)c3)cc3c2[nH]c2ccccc23)c1. The van der Waals surface area contributed by atoms with E-state index in [0.29, 0.717) is 47.4 Å². The van der Waals surface area contributed by atoms with Gasteiger partial charge in [0.25, 0.3) is 5.91 Å². The smallest absolute Gasteiger partial charge is 0.269 e. The predicted octanol–water partition coefficient (Wildman–Crippen LogP) is 5.39. The number of H-pyrrole nitrogens is 1. The second kappa shape index (κ2) is 10.7. The van der Waals surface area contributed by atoms with E-state index >= 15 is 0 Å². The largest absolute Gasteiger partial charge is 0.497 e. The minimum Gasteiger partial charge on any atom is -0.497 e. The van der Waals surface area contributed by atoms with E-state index in [1.165, 1.54) is 0 Å². The maximum Gasteiger partial charge on any atom is 0.269 e. The highest BCUT2D eigenvalue weighted by Gasteiger charge is 2.20. The summed E-state index contributed by atoms with van der Waals surface area (Å²) in [5.74, 6) is 2.35. The third kappa shape index (κ3) is 4.68. The molecule has 0 radical (unpaired) electrons. The number of benzene rings is 3. The van der Waals surface area contributed by atoms with E-state index in [2.05, 4.69) is 10.3 Å². The number of ether oxygens (including phenoxy) is 4. The van der Waals surface area contributed by atoms with Gasteiger partial charge in [-0.15, -0.1) is 0 Å². The standard InChI is InChI=1S/C30H29N3O5/c1-35-19-10-12-25(36-2)22(16-19)29-28-21(20-7-5-6-8-23(20)32-28)17-24(33-29)30(34)31-14-13-18-9-11-26(37-3)27(15-18)38-4/h5-12,15-17,32H,13-14H2,1-4H3,(H,31,34). The van der Waals surface area contributed by atoms with Gasteiger partial charge in [0.05, 0.1) is 39.6 Å². The van der Waals surface area contributed by atoms with Crippen molar-refractivity contribution in [2.24, 2.45) is 0 Å². The van der Waals surface area contributed by atoms with Crippen molar-refractivity contribution < 1.29 is 23.7 Å². The molecular weight excluding hydrogens is 482 g/mol. The van der Waals surface area contributed by atoms with Crippen LogP contribution in [0, 0.1) is 0 Å². The van der Waals surface area contributed by atoms with E-state index in [9.17, 15) is 4.79 Å². The molecule has 0 saturated carbocycles. The van der Waals surface area contributed by atoms with Crippen LogP contribution in [0.15, 0.2) is 66.7 Å². The molecular formula is C30H29N3O5. The molecule has 0 saturated heterocycles. The summed E-state index contributed by atoms with van der Waals surface area (Å²) in [5.41, 5.74) is 4.44. The van der Waals surface area contributed by atoms with E-state index in [1.807, 2.05) is 66.7 Å². The maximum absolute atomic E-state index is 13.3. The molecule has 194 valence electrons. The molecule has 0 aliphatic rings. The van der Waals surface area contributed by atoms with Crippen LogP contribution in [0.1, 0.15) is 16.1 Å². The minimum atomic E-state index is -0.263. The Kier molecular flexibility index (Phi) is 7.04. The molecule has 3 aromatic carbocycles. The number of fused-ring (bicyclic) bond motifs is 3. The van der Waals surface area contributed by atoms with E-state index < -0.39 is 0 Å². The number of hydrogen-bond acceptors (Lipinski definition) is 6. The van der Waals surface area contributed by atoms with Gasteiger partial charge in [-0.25, -0.2) is 4.98 Å². The molecule has 0 atom stereocenters. The van der Waals surface area contributed by atoms with E-state index in [1.54, 1.807) is 28.4 Å². The van der Waals surface area contributed by atoms with Crippen molar-refractivity contribution in [1.82, 2.24) is 15.3 Å². The van der Waals surface area contributed by atoms with Gasteiger partial charge in [0.1, 0.15) is 17.2 Å². The molecule has 0 fully saturated rings. The molecule has 1 amide bonds. The fourth-order valence-corrected chi connectivity index (χ4v) is 4.60. The lowest BCUT2D eigenvalue weighted by atomic mass is 10.0. The summed E-state index contributed by atoms with van der Waals surface area (Å²) in [6, 6.07) is 21.1. The van der Waals surface area contributed by atoms with Gasteiger partial charge in [-0.05, 0) is 54.4 Å². The van der Waals surface area contributed by atoms with Crippen molar-refractivity contribution in [3.05, 3.63) is 78.0 Å². The van der Waals surface area contributed by atoms with Crippen molar-refractivity contribution >= 4 is 27.7 Å². The van der Waals surface area contributed by atoms with Crippen molar-refractivity contribution in [2.45, 2.75) is 6.42 Å². The lowest BCUT2D eigenvalue weighted by Crippen LogP contribution is -2.26. The number of rotatable bonds is 9. The van der Waals surface area contributed by atoms with Gasteiger partial charge in [0.15, 0.2) is 11.5 Å². The summed E-state index contributed by atoms with van der Waals surface area (Å²) in [6.07, 6.45) is 0.623. The van der Waals surface area contributed by atoms with Gasteiger partial charge in [-0.2, -0.15) is 0 Å². The van der Waals surface area contributed by atoms with Crippen LogP contribution < -0.4 is 24.3 Å². The number of carbonyl (C=O) groups excluding carboxylic acids is 1. The summed E-state index contributed by atoms with van der Waals surface area (Å²) < 4.78 is 21.8. The van der Waals surface area contributed by atoms with Crippen LogP contribution in [0.3, 0.4) is 0 Å². The highest BCUT2D eigenvalue weighted by Crippen LogP contribution is 2.38. The average molecular weight is 512 g/mol.